The molecule has 0 amide bonds. The van der Waals surface area contributed by atoms with E-state index < -0.39 is 0 Å². The SMILES string of the molecule is COC(=O)c1ccc2nc(CCl)n(Cc3cc(C)ccn3)c2c1. The third-order valence-electron chi connectivity index (χ3n) is 3.66. The lowest BCUT2D eigenvalue weighted by molar-refractivity contribution is 0.0601. The zero-order valence-electron chi connectivity index (χ0n) is 12.9. The molecule has 23 heavy (non-hydrogen) atoms. The van der Waals surface area contributed by atoms with E-state index in [1.807, 2.05) is 23.6 Å². The number of ether oxygens (including phenoxy) is 1. The Hall–Kier alpha value is -2.40. The number of pyridine rings is 1. The van der Waals surface area contributed by atoms with Gasteiger partial charge in [0.15, 0.2) is 0 Å². The van der Waals surface area contributed by atoms with Crippen molar-refractivity contribution in [3.63, 3.8) is 0 Å². The minimum Gasteiger partial charge on any atom is -0.465 e. The predicted molar refractivity (Wildman–Crippen MR) is 88.7 cm³/mol. The van der Waals surface area contributed by atoms with E-state index in [0.717, 1.165) is 28.1 Å². The molecular formula is C17H16ClN3O2. The molecule has 118 valence electrons. The van der Waals surface area contributed by atoms with Gasteiger partial charge in [0.25, 0.3) is 0 Å². The summed E-state index contributed by atoms with van der Waals surface area (Å²) in [7, 11) is 1.37. The van der Waals surface area contributed by atoms with Crippen LogP contribution in [-0.2, 0) is 17.2 Å². The molecule has 2 heterocycles. The molecular weight excluding hydrogens is 314 g/mol. The van der Waals surface area contributed by atoms with Gasteiger partial charge in [-0.1, -0.05) is 0 Å². The zero-order chi connectivity index (χ0) is 16.4. The summed E-state index contributed by atoms with van der Waals surface area (Å²) in [5.41, 5.74) is 4.17. The van der Waals surface area contributed by atoms with Crippen LogP contribution in [0.15, 0.2) is 36.5 Å². The number of imidazole rings is 1. The molecule has 0 saturated carbocycles. The average Bonchev–Trinajstić information content (AvgIpc) is 2.91. The number of hydrogen-bond donors (Lipinski definition) is 0. The van der Waals surface area contributed by atoms with Gasteiger partial charge in [0, 0.05) is 6.20 Å². The first kappa shape index (κ1) is 15.5. The molecule has 5 nitrogen and oxygen atoms in total. The van der Waals surface area contributed by atoms with E-state index in [1.54, 1.807) is 24.4 Å². The molecule has 0 saturated heterocycles. The number of aromatic nitrogens is 3. The largest absolute Gasteiger partial charge is 0.465 e. The van der Waals surface area contributed by atoms with Crippen molar-refractivity contribution >= 4 is 28.6 Å². The van der Waals surface area contributed by atoms with Crippen molar-refractivity contribution in [2.45, 2.75) is 19.3 Å². The maximum Gasteiger partial charge on any atom is 0.337 e. The van der Waals surface area contributed by atoms with Crippen LogP contribution in [0.2, 0.25) is 0 Å². The van der Waals surface area contributed by atoms with Gasteiger partial charge in [-0.25, -0.2) is 9.78 Å². The first-order chi connectivity index (χ1) is 11.1. The molecule has 0 fully saturated rings. The fraction of sp³-hybridized carbons (Fsp3) is 0.235. The Morgan fingerprint density at radius 3 is 2.83 bits per heavy atom. The molecule has 2 aromatic heterocycles. The van der Waals surface area contributed by atoms with Crippen LogP contribution in [0.4, 0.5) is 0 Å². The van der Waals surface area contributed by atoms with Crippen molar-refractivity contribution in [1.82, 2.24) is 14.5 Å². The predicted octanol–water partition coefficient (Wildman–Crippen LogP) is 3.31. The normalized spacial score (nSPS) is 10.9. The minimum absolute atomic E-state index is 0.286. The lowest BCUT2D eigenvalue weighted by Crippen LogP contribution is -2.06. The summed E-state index contributed by atoms with van der Waals surface area (Å²) < 4.78 is 6.77. The Labute approximate surface area is 138 Å². The van der Waals surface area contributed by atoms with Gasteiger partial charge >= 0.3 is 5.97 Å². The minimum atomic E-state index is -0.374. The number of rotatable bonds is 4. The molecule has 0 bridgehead atoms. The number of carbonyl (C=O) groups is 1. The Kier molecular flexibility index (Phi) is 4.30. The Morgan fingerprint density at radius 1 is 1.30 bits per heavy atom. The van der Waals surface area contributed by atoms with Crippen LogP contribution in [0.3, 0.4) is 0 Å². The fourth-order valence-electron chi connectivity index (χ4n) is 2.54. The molecule has 0 spiro atoms. The number of fused-ring (bicyclic) bond motifs is 1. The first-order valence-corrected chi connectivity index (χ1v) is 7.71. The molecule has 3 aromatic rings. The number of hydrogen-bond acceptors (Lipinski definition) is 4. The molecule has 0 N–H and O–H groups in total. The van der Waals surface area contributed by atoms with Crippen molar-refractivity contribution in [2.75, 3.05) is 7.11 Å². The maximum atomic E-state index is 11.8. The van der Waals surface area contributed by atoms with E-state index >= 15 is 0 Å². The highest BCUT2D eigenvalue weighted by atomic mass is 35.5. The molecule has 0 aliphatic rings. The third-order valence-corrected chi connectivity index (χ3v) is 3.90. The molecule has 3 rings (SSSR count). The van der Waals surface area contributed by atoms with E-state index in [1.165, 1.54) is 7.11 Å². The van der Waals surface area contributed by atoms with Crippen molar-refractivity contribution in [1.29, 1.82) is 0 Å². The molecule has 6 heteroatoms. The number of nitrogens with zero attached hydrogens (tertiary/aromatic N) is 3. The maximum absolute atomic E-state index is 11.8. The van der Waals surface area contributed by atoms with Gasteiger partial charge < -0.3 is 9.30 Å². The van der Waals surface area contributed by atoms with E-state index in [2.05, 4.69) is 9.97 Å². The Bertz CT molecular complexity index is 873. The summed E-state index contributed by atoms with van der Waals surface area (Å²) >= 11 is 6.04. The fourth-order valence-corrected chi connectivity index (χ4v) is 2.75. The molecule has 0 radical (unpaired) electrons. The number of esters is 1. The van der Waals surface area contributed by atoms with Crippen LogP contribution in [0.5, 0.6) is 0 Å². The van der Waals surface area contributed by atoms with Crippen molar-refractivity contribution in [3.8, 4) is 0 Å². The molecule has 1 aromatic carbocycles. The number of carbonyl (C=O) groups excluding carboxylic acids is 1. The van der Waals surface area contributed by atoms with Gasteiger partial charge in [0.05, 0.1) is 41.8 Å². The number of methoxy groups -OCH3 is 1. The third kappa shape index (κ3) is 3.05. The topological polar surface area (TPSA) is 57.0 Å². The molecule has 0 atom stereocenters. The first-order valence-electron chi connectivity index (χ1n) is 7.17. The smallest absolute Gasteiger partial charge is 0.337 e. The summed E-state index contributed by atoms with van der Waals surface area (Å²) in [5, 5.41) is 0. The number of benzene rings is 1. The number of aryl methyl sites for hydroxylation is 1. The number of halogens is 1. The second kappa shape index (κ2) is 6.38. The average molecular weight is 330 g/mol. The van der Waals surface area contributed by atoms with Crippen molar-refractivity contribution in [3.05, 3.63) is 59.2 Å². The lowest BCUT2D eigenvalue weighted by Gasteiger charge is -2.08. The quantitative estimate of drug-likeness (QED) is 0.544. The van der Waals surface area contributed by atoms with Crippen LogP contribution >= 0.6 is 11.6 Å². The van der Waals surface area contributed by atoms with Crippen LogP contribution in [0.1, 0.15) is 27.4 Å². The van der Waals surface area contributed by atoms with E-state index in [4.69, 9.17) is 16.3 Å². The van der Waals surface area contributed by atoms with Crippen LogP contribution < -0.4 is 0 Å². The van der Waals surface area contributed by atoms with Crippen molar-refractivity contribution < 1.29 is 9.53 Å². The summed E-state index contributed by atoms with van der Waals surface area (Å²) in [6.07, 6.45) is 1.78. The molecule has 0 unspecified atom stereocenters. The van der Waals surface area contributed by atoms with Crippen LogP contribution in [0, 0.1) is 6.92 Å². The molecule has 0 aliphatic carbocycles. The second-order valence-corrected chi connectivity index (χ2v) is 5.53. The highest BCUT2D eigenvalue weighted by Crippen LogP contribution is 2.21. The van der Waals surface area contributed by atoms with Gasteiger partial charge in [-0.2, -0.15) is 0 Å². The van der Waals surface area contributed by atoms with Gasteiger partial charge in [-0.3, -0.25) is 4.98 Å². The van der Waals surface area contributed by atoms with Crippen LogP contribution in [-0.4, -0.2) is 27.6 Å². The number of alkyl halides is 1. The summed E-state index contributed by atoms with van der Waals surface area (Å²) in [6.45, 7) is 2.57. The monoisotopic (exact) mass is 329 g/mol. The summed E-state index contributed by atoms with van der Waals surface area (Å²) in [4.78, 5) is 20.7. The van der Waals surface area contributed by atoms with Gasteiger partial charge in [0.1, 0.15) is 5.82 Å². The second-order valence-electron chi connectivity index (χ2n) is 5.27. The Balaban J connectivity index is 2.11. The summed E-state index contributed by atoms with van der Waals surface area (Å²) in [5.74, 6) is 0.654. The van der Waals surface area contributed by atoms with E-state index in [9.17, 15) is 4.79 Å². The lowest BCUT2D eigenvalue weighted by atomic mass is 10.2. The van der Waals surface area contributed by atoms with Crippen LogP contribution in [0.25, 0.3) is 11.0 Å². The zero-order valence-corrected chi connectivity index (χ0v) is 13.7. The van der Waals surface area contributed by atoms with E-state index in [0.29, 0.717) is 12.1 Å². The highest BCUT2D eigenvalue weighted by molar-refractivity contribution is 6.16. The van der Waals surface area contributed by atoms with Gasteiger partial charge in [0.2, 0.25) is 0 Å². The van der Waals surface area contributed by atoms with E-state index in [-0.39, 0.29) is 11.8 Å². The standard InChI is InChI=1S/C17H16ClN3O2/c1-11-5-6-19-13(7-11)10-21-15-8-12(17(22)23-2)3-4-14(15)20-16(21)9-18/h3-8H,9-10H2,1-2H3. The summed E-state index contributed by atoms with van der Waals surface area (Å²) in [6, 6.07) is 9.26. The highest BCUT2D eigenvalue weighted by Gasteiger charge is 2.14. The Morgan fingerprint density at radius 2 is 2.13 bits per heavy atom. The van der Waals surface area contributed by atoms with Gasteiger partial charge in [-0.15, -0.1) is 11.6 Å². The van der Waals surface area contributed by atoms with Crippen molar-refractivity contribution in [2.24, 2.45) is 0 Å². The van der Waals surface area contributed by atoms with Gasteiger partial charge in [-0.05, 0) is 42.8 Å². The molecule has 0 aliphatic heterocycles.